The van der Waals surface area contributed by atoms with Gasteiger partial charge >= 0.3 is 0 Å². The molecule has 0 aromatic heterocycles. The molecule has 4 heteroatoms. The van der Waals surface area contributed by atoms with E-state index in [1.54, 1.807) is 30.3 Å². The van der Waals surface area contributed by atoms with E-state index in [1.165, 1.54) is 0 Å². The molecule has 2 aromatic rings. The van der Waals surface area contributed by atoms with Crippen molar-refractivity contribution in [1.82, 2.24) is 0 Å². The highest BCUT2D eigenvalue weighted by molar-refractivity contribution is 5.81. The minimum absolute atomic E-state index is 0.113. The van der Waals surface area contributed by atoms with Crippen LogP contribution >= 0.6 is 0 Å². The Morgan fingerprint density at radius 1 is 0.810 bits per heavy atom. The van der Waals surface area contributed by atoms with Gasteiger partial charge in [-0.05, 0) is 49.6 Å². The molecule has 21 heavy (non-hydrogen) atoms. The number of ether oxygens (including phenoxy) is 2. The van der Waals surface area contributed by atoms with E-state index < -0.39 is 0 Å². The van der Waals surface area contributed by atoms with Crippen LogP contribution in [0.25, 0.3) is 11.1 Å². The van der Waals surface area contributed by atoms with Gasteiger partial charge < -0.3 is 19.7 Å². The van der Waals surface area contributed by atoms with E-state index in [2.05, 4.69) is 0 Å². The summed E-state index contributed by atoms with van der Waals surface area (Å²) < 4.78 is 11.6. The first kappa shape index (κ1) is 13.6. The number of phenolic OH excluding ortho intramolecular Hbond substituents is 2. The fraction of sp³-hybridized carbons (Fsp3) is 0.294. The van der Waals surface area contributed by atoms with Crippen molar-refractivity contribution in [3.63, 3.8) is 0 Å². The lowest BCUT2D eigenvalue weighted by atomic mass is 10.0. The van der Waals surface area contributed by atoms with E-state index in [9.17, 15) is 10.2 Å². The SMILES string of the molecule is Oc1ccc2c(c1)-c1c(O)cccc1OCCCCCO2. The second-order valence-electron chi connectivity index (χ2n) is 5.09. The number of hydrogen-bond acceptors (Lipinski definition) is 4. The summed E-state index contributed by atoms with van der Waals surface area (Å²) in [7, 11) is 0. The van der Waals surface area contributed by atoms with Crippen molar-refractivity contribution < 1.29 is 19.7 Å². The summed E-state index contributed by atoms with van der Waals surface area (Å²) >= 11 is 0. The maximum Gasteiger partial charge on any atom is 0.130 e. The minimum Gasteiger partial charge on any atom is -0.508 e. The number of hydrogen-bond donors (Lipinski definition) is 2. The van der Waals surface area contributed by atoms with E-state index in [4.69, 9.17) is 9.47 Å². The largest absolute Gasteiger partial charge is 0.508 e. The predicted octanol–water partition coefficient (Wildman–Crippen LogP) is 3.71. The molecule has 0 saturated carbocycles. The number of rotatable bonds is 0. The molecular formula is C17H18O4. The van der Waals surface area contributed by atoms with Gasteiger partial charge in [0.1, 0.15) is 23.0 Å². The van der Waals surface area contributed by atoms with Crippen LogP contribution in [-0.2, 0) is 0 Å². The third kappa shape index (κ3) is 2.89. The summed E-state index contributed by atoms with van der Waals surface area (Å²) in [6.07, 6.45) is 2.92. The molecule has 0 bridgehead atoms. The summed E-state index contributed by atoms with van der Waals surface area (Å²) in [5.74, 6) is 1.48. The van der Waals surface area contributed by atoms with Gasteiger partial charge in [-0.2, -0.15) is 0 Å². The Balaban J connectivity index is 2.17. The fourth-order valence-corrected chi connectivity index (χ4v) is 2.49. The van der Waals surface area contributed by atoms with E-state index in [1.807, 2.05) is 6.07 Å². The lowest BCUT2D eigenvalue weighted by Gasteiger charge is -2.15. The van der Waals surface area contributed by atoms with Gasteiger partial charge in [0.05, 0.1) is 18.8 Å². The molecule has 0 amide bonds. The Morgan fingerprint density at radius 2 is 1.57 bits per heavy atom. The van der Waals surface area contributed by atoms with Gasteiger partial charge in [-0.3, -0.25) is 0 Å². The number of fused-ring (bicyclic) bond motifs is 3. The van der Waals surface area contributed by atoms with Crippen molar-refractivity contribution in [2.45, 2.75) is 19.3 Å². The van der Waals surface area contributed by atoms with E-state index in [0.717, 1.165) is 19.3 Å². The van der Waals surface area contributed by atoms with E-state index in [-0.39, 0.29) is 11.5 Å². The molecule has 0 aliphatic carbocycles. The zero-order valence-corrected chi connectivity index (χ0v) is 11.7. The molecule has 0 spiro atoms. The van der Waals surface area contributed by atoms with E-state index in [0.29, 0.717) is 35.8 Å². The predicted molar refractivity (Wildman–Crippen MR) is 80.0 cm³/mol. The Kier molecular flexibility index (Phi) is 3.86. The van der Waals surface area contributed by atoms with Crippen molar-refractivity contribution in [3.8, 4) is 34.1 Å². The topological polar surface area (TPSA) is 58.9 Å². The molecule has 1 heterocycles. The summed E-state index contributed by atoms with van der Waals surface area (Å²) in [5, 5.41) is 20.0. The third-order valence-electron chi connectivity index (χ3n) is 3.54. The Morgan fingerprint density at radius 3 is 2.38 bits per heavy atom. The molecule has 3 rings (SSSR count). The third-order valence-corrected chi connectivity index (χ3v) is 3.54. The zero-order valence-electron chi connectivity index (χ0n) is 11.7. The van der Waals surface area contributed by atoms with Crippen LogP contribution in [0.2, 0.25) is 0 Å². The zero-order chi connectivity index (χ0) is 14.7. The maximum atomic E-state index is 10.2. The van der Waals surface area contributed by atoms with Gasteiger partial charge in [-0.15, -0.1) is 0 Å². The standard InChI is InChI=1S/C17H18O4/c18-12-7-8-15-13(11-12)17-14(19)5-4-6-16(17)21-10-3-1-2-9-20-15/h4-8,11,18-19H,1-3,9-10H2. The van der Waals surface area contributed by atoms with Crippen LogP contribution in [0, 0.1) is 0 Å². The molecule has 4 nitrogen and oxygen atoms in total. The second kappa shape index (κ2) is 5.95. The molecule has 2 N–H and O–H groups in total. The van der Waals surface area contributed by atoms with Crippen LogP contribution < -0.4 is 9.47 Å². The monoisotopic (exact) mass is 286 g/mol. The fourth-order valence-electron chi connectivity index (χ4n) is 2.49. The first-order valence-electron chi connectivity index (χ1n) is 7.16. The number of benzene rings is 2. The van der Waals surface area contributed by atoms with Crippen LogP contribution in [0.3, 0.4) is 0 Å². The van der Waals surface area contributed by atoms with Crippen LogP contribution in [0.15, 0.2) is 36.4 Å². The van der Waals surface area contributed by atoms with E-state index >= 15 is 0 Å². The minimum atomic E-state index is 0.113. The van der Waals surface area contributed by atoms with Crippen molar-refractivity contribution >= 4 is 0 Å². The lowest BCUT2D eigenvalue weighted by molar-refractivity contribution is 0.284. The van der Waals surface area contributed by atoms with Crippen molar-refractivity contribution in [3.05, 3.63) is 36.4 Å². The summed E-state index contributed by atoms with van der Waals surface area (Å²) in [5.41, 5.74) is 1.20. The molecule has 2 aromatic carbocycles. The molecule has 0 radical (unpaired) electrons. The summed E-state index contributed by atoms with van der Waals surface area (Å²) in [6.45, 7) is 1.21. The highest BCUT2D eigenvalue weighted by Gasteiger charge is 2.17. The second-order valence-corrected chi connectivity index (χ2v) is 5.09. The van der Waals surface area contributed by atoms with Crippen LogP contribution in [0.4, 0.5) is 0 Å². The average molecular weight is 286 g/mol. The highest BCUT2D eigenvalue weighted by Crippen LogP contribution is 2.43. The summed E-state index contributed by atoms with van der Waals surface area (Å²) in [6, 6.07) is 10.1. The molecule has 1 aliphatic rings. The molecular weight excluding hydrogens is 268 g/mol. The Labute approximate surface area is 123 Å². The van der Waals surface area contributed by atoms with Gasteiger partial charge in [-0.1, -0.05) is 6.07 Å². The van der Waals surface area contributed by atoms with Gasteiger partial charge in [0.25, 0.3) is 0 Å². The average Bonchev–Trinajstić information content (AvgIpc) is 2.51. The molecule has 0 atom stereocenters. The summed E-state index contributed by atoms with van der Waals surface area (Å²) in [4.78, 5) is 0. The molecule has 0 saturated heterocycles. The highest BCUT2D eigenvalue weighted by atomic mass is 16.5. The lowest BCUT2D eigenvalue weighted by Crippen LogP contribution is -1.99. The quantitative estimate of drug-likeness (QED) is 0.775. The van der Waals surface area contributed by atoms with Gasteiger partial charge in [0.2, 0.25) is 0 Å². The normalized spacial score (nSPS) is 14.9. The van der Waals surface area contributed by atoms with Crippen molar-refractivity contribution in [1.29, 1.82) is 0 Å². The van der Waals surface area contributed by atoms with Gasteiger partial charge in [0, 0.05) is 5.56 Å². The number of phenols is 2. The maximum absolute atomic E-state index is 10.2. The molecule has 1 aliphatic heterocycles. The number of aromatic hydroxyl groups is 2. The Bertz CT molecular complexity index is 637. The smallest absolute Gasteiger partial charge is 0.130 e. The first-order chi connectivity index (χ1) is 10.3. The van der Waals surface area contributed by atoms with Gasteiger partial charge in [0.15, 0.2) is 0 Å². The van der Waals surface area contributed by atoms with Crippen LogP contribution in [-0.4, -0.2) is 23.4 Å². The van der Waals surface area contributed by atoms with Crippen LogP contribution in [0.1, 0.15) is 19.3 Å². The van der Waals surface area contributed by atoms with Crippen molar-refractivity contribution in [2.75, 3.05) is 13.2 Å². The molecule has 110 valence electrons. The van der Waals surface area contributed by atoms with Crippen molar-refractivity contribution in [2.24, 2.45) is 0 Å². The van der Waals surface area contributed by atoms with Gasteiger partial charge in [-0.25, -0.2) is 0 Å². The molecule has 0 fully saturated rings. The molecule has 0 unspecified atom stereocenters. The van der Waals surface area contributed by atoms with Crippen LogP contribution in [0.5, 0.6) is 23.0 Å². The Hall–Kier alpha value is -2.36. The first-order valence-corrected chi connectivity index (χ1v) is 7.16.